The van der Waals surface area contributed by atoms with Crippen LogP contribution in [0.3, 0.4) is 0 Å². The van der Waals surface area contributed by atoms with Gasteiger partial charge >= 0.3 is 5.82 Å². The van der Waals surface area contributed by atoms with Gasteiger partial charge in [0.25, 0.3) is 0 Å². The van der Waals surface area contributed by atoms with Crippen LogP contribution in [0.5, 0.6) is 0 Å². The van der Waals surface area contributed by atoms with Gasteiger partial charge in [-0.1, -0.05) is 6.58 Å². The second-order valence-electron chi connectivity index (χ2n) is 4.33. The van der Waals surface area contributed by atoms with Crippen LogP contribution in [0, 0.1) is 44.9 Å². The molecule has 0 aromatic carbocycles. The lowest BCUT2D eigenvalue weighted by atomic mass is 10.1. The van der Waals surface area contributed by atoms with Crippen molar-refractivity contribution in [2.75, 3.05) is 0 Å². The monoisotopic (exact) mass is 316 g/mol. The van der Waals surface area contributed by atoms with Gasteiger partial charge in [-0.05, 0) is 17.7 Å². The fourth-order valence-electron chi connectivity index (χ4n) is 2.22. The fraction of sp³-hybridized carbons (Fsp3) is 0. The molecule has 0 atom stereocenters. The van der Waals surface area contributed by atoms with Gasteiger partial charge in [-0.25, -0.2) is 0 Å². The predicted octanol–water partition coefficient (Wildman–Crippen LogP) is 2.57. The third-order valence-electron chi connectivity index (χ3n) is 3.22. The normalized spacial score (nSPS) is 10.6. The van der Waals surface area contributed by atoms with Crippen molar-refractivity contribution in [3.05, 3.63) is 70.8 Å². The first-order valence-electron chi connectivity index (χ1n) is 5.92. The summed E-state index contributed by atoms with van der Waals surface area (Å²) in [5.74, 6) is 0.0480. The minimum absolute atomic E-state index is 0.0480. The first-order chi connectivity index (χ1) is 10.6. The van der Waals surface area contributed by atoms with Crippen LogP contribution in [-0.4, -0.2) is 0 Å². The van der Waals surface area contributed by atoms with Crippen molar-refractivity contribution >= 4 is 39.6 Å². The van der Waals surface area contributed by atoms with Crippen LogP contribution in [0.25, 0.3) is 26.7 Å². The van der Waals surface area contributed by atoms with Crippen LogP contribution in [0.4, 0.5) is 0 Å². The SMILES string of the molecule is [C-]#[N+]C([N+]#[C-])=c1cc2c(s1)=c1sc(=C(C#N)C#N)cc1C2=C. The second kappa shape index (κ2) is 4.99. The summed E-state index contributed by atoms with van der Waals surface area (Å²) in [6, 6.07) is 7.42. The molecule has 4 nitrogen and oxygen atoms in total. The summed E-state index contributed by atoms with van der Waals surface area (Å²) < 4.78 is 3.15. The molecule has 0 fully saturated rings. The van der Waals surface area contributed by atoms with Crippen molar-refractivity contribution in [1.29, 1.82) is 10.5 Å². The van der Waals surface area contributed by atoms with Crippen LogP contribution in [0.2, 0.25) is 0 Å². The van der Waals surface area contributed by atoms with E-state index in [4.69, 9.17) is 23.7 Å². The number of hydrogen-bond donors (Lipinski definition) is 0. The Morgan fingerprint density at radius 1 is 1.00 bits per heavy atom. The van der Waals surface area contributed by atoms with E-state index in [1.807, 2.05) is 24.3 Å². The molecule has 100 valence electrons. The molecule has 6 heteroatoms. The van der Waals surface area contributed by atoms with E-state index in [1.165, 1.54) is 22.7 Å². The molecule has 0 unspecified atom stereocenters. The van der Waals surface area contributed by atoms with Gasteiger partial charge in [0.2, 0.25) is 0 Å². The lowest BCUT2D eigenvalue weighted by Gasteiger charge is -1.92. The van der Waals surface area contributed by atoms with E-state index in [0.717, 1.165) is 25.8 Å². The molecule has 22 heavy (non-hydrogen) atoms. The van der Waals surface area contributed by atoms with Gasteiger partial charge in [0.1, 0.15) is 35.4 Å². The third-order valence-corrected chi connectivity index (χ3v) is 5.67. The Bertz CT molecular complexity index is 1100. The minimum Gasteiger partial charge on any atom is -0.192 e. The highest BCUT2D eigenvalue weighted by Crippen LogP contribution is 2.33. The number of thiophene rings is 2. The summed E-state index contributed by atoms with van der Waals surface area (Å²) in [5.41, 5.74) is 2.73. The van der Waals surface area contributed by atoms with Gasteiger partial charge < -0.3 is 0 Å². The summed E-state index contributed by atoms with van der Waals surface area (Å²) in [4.78, 5) is 6.47. The molecule has 0 aliphatic heterocycles. The van der Waals surface area contributed by atoms with E-state index < -0.39 is 0 Å². The number of nitriles is 2. The van der Waals surface area contributed by atoms with E-state index in [1.54, 1.807) is 0 Å². The molecule has 0 bridgehead atoms. The Labute approximate surface area is 133 Å². The Kier molecular flexibility index (Phi) is 3.13. The summed E-state index contributed by atoms with van der Waals surface area (Å²) in [7, 11) is 0. The number of rotatable bonds is 0. The summed E-state index contributed by atoms with van der Waals surface area (Å²) in [5, 5.41) is 18.0. The van der Waals surface area contributed by atoms with Crippen molar-refractivity contribution in [3.63, 3.8) is 0 Å². The van der Waals surface area contributed by atoms with Gasteiger partial charge in [-0.3, -0.25) is 0 Å². The van der Waals surface area contributed by atoms with Crippen molar-refractivity contribution < 1.29 is 0 Å². The quantitative estimate of drug-likeness (QED) is 0.599. The Hall–Kier alpha value is -3.16. The predicted molar refractivity (Wildman–Crippen MR) is 84.9 cm³/mol. The van der Waals surface area contributed by atoms with Gasteiger partial charge in [0.15, 0.2) is 0 Å². The largest absolute Gasteiger partial charge is 0.536 e. The van der Waals surface area contributed by atoms with E-state index in [9.17, 15) is 0 Å². The Morgan fingerprint density at radius 3 is 2.00 bits per heavy atom. The van der Waals surface area contributed by atoms with Gasteiger partial charge in [0, 0.05) is 11.1 Å². The van der Waals surface area contributed by atoms with Crippen molar-refractivity contribution in [1.82, 2.24) is 0 Å². The third kappa shape index (κ3) is 1.77. The van der Waals surface area contributed by atoms with Gasteiger partial charge in [-0.2, -0.15) is 20.2 Å². The molecule has 0 N–H and O–H groups in total. The number of nitrogens with zero attached hydrogens (tertiary/aromatic N) is 4. The zero-order chi connectivity index (χ0) is 15.9. The molecule has 0 spiro atoms. The molecule has 2 aromatic rings. The lowest BCUT2D eigenvalue weighted by Crippen LogP contribution is -1.96. The highest BCUT2D eigenvalue weighted by Gasteiger charge is 2.20. The van der Waals surface area contributed by atoms with Crippen LogP contribution >= 0.6 is 22.7 Å². The van der Waals surface area contributed by atoms with E-state index in [-0.39, 0.29) is 11.4 Å². The topological polar surface area (TPSA) is 56.3 Å². The standard InChI is InChI=1S/C16H4N4S2/c1-8-10-4-12(9(6-17)7-18)21-14(10)15-11(8)5-13(22-15)16(19-2)20-3/h4-5H,1H2. The Balaban J connectivity index is 2.54. The molecule has 0 saturated carbocycles. The highest BCUT2D eigenvalue weighted by atomic mass is 32.1. The maximum atomic E-state index is 8.98. The zero-order valence-electron chi connectivity index (χ0n) is 11.0. The van der Waals surface area contributed by atoms with Crippen LogP contribution < -0.4 is 9.06 Å². The number of hydrogen-bond acceptors (Lipinski definition) is 4. The molecule has 0 saturated heterocycles. The average Bonchev–Trinajstić information content (AvgIpc) is 3.18. The van der Waals surface area contributed by atoms with Gasteiger partial charge in [-0.15, -0.1) is 22.7 Å². The molecule has 1 aliphatic rings. The number of fused-ring (bicyclic) bond motifs is 2. The van der Waals surface area contributed by atoms with Gasteiger partial charge in [0.05, 0.1) is 13.6 Å². The molecule has 1 aliphatic carbocycles. The van der Waals surface area contributed by atoms with E-state index in [0.29, 0.717) is 9.06 Å². The maximum Gasteiger partial charge on any atom is 0.536 e. The first-order valence-corrected chi connectivity index (χ1v) is 7.55. The van der Waals surface area contributed by atoms with Crippen molar-refractivity contribution in [3.8, 4) is 12.1 Å². The van der Waals surface area contributed by atoms with Crippen molar-refractivity contribution in [2.45, 2.75) is 0 Å². The average molecular weight is 316 g/mol. The summed E-state index contributed by atoms with van der Waals surface area (Å²) in [6.45, 7) is 18.1. The van der Waals surface area contributed by atoms with Crippen LogP contribution in [0.15, 0.2) is 18.7 Å². The molecule has 0 amide bonds. The first kappa shape index (κ1) is 13.8. The van der Waals surface area contributed by atoms with Crippen molar-refractivity contribution in [2.24, 2.45) is 0 Å². The van der Waals surface area contributed by atoms with E-state index >= 15 is 0 Å². The van der Waals surface area contributed by atoms with Crippen LogP contribution in [0.1, 0.15) is 11.1 Å². The highest BCUT2D eigenvalue weighted by molar-refractivity contribution is 7.12. The molecule has 2 heterocycles. The Morgan fingerprint density at radius 2 is 1.50 bits per heavy atom. The molecule has 2 aromatic heterocycles. The zero-order valence-corrected chi connectivity index (χ0v) is 12.6. The van der Waals surface area contributed by atoms with E-state index in [2.05, 4.69) is 16.3 Å². The van der Waals surface area contributed by atoms with Crippen LogP contribution in [-0.2, 0) is 0 Å². The summed E-state index contributed by atoms with van der Waals surface area (Å²) in [6.07, 6.45) is 0. The summed E-state index contributed by atoms with van der Waals surface area (Å²) >= 11 is 2.75. The molecular weight excluding hydrogens is 312 g/mol. The fourth-order valence-corrected chi connectivity index (χ4v) is 4.63. The molecular formula is C16H4N4S2. The molecule has 0 radical (unpaired) electrons. The molecule has 3 rings (SSSR count). The maximum absolute atomic E-state index is 8.98. The minimum atomic E-state index is 0.0480. The second-order valence-corrected chi connectivity index (χ2v) is 6.44. The lowest BCUT2D eigenvalue weighted by molar-refractivity contribution is 1.51. The smallest absolute Gasteiger partial charge is 0.192 e.